The van der Waals surface area contributed by atoms with E-state index in [0.717, 1.165) is 18.1 Å². The summed E-state index contributed by atoms with van der Waals surface area (Å²) in [6.45, 7) is 4.20. The fourth-order valence-electron chi connectivity index (χ4n) is 1.88. The number of rotatable bonds is 0. The molecule has 1 heterocycles. The van der Waals surface area contributed by atoms with Gasteiger partial charge in [-0.1, -0.05) is 17.7 Å². The van der Waals surface area contributed by atoms with E-state index in [0.29, 0.717) is 0 Å². The molecular formula is C11H14ClN. The van der Waals surface area contributed by atoms with Crippen LogP contribution in [0.1, 0.15) is 23.1 Å². The average molecular weight is 196 g/mol. The second-order valence-electron chi connectivity index (χ2n) is 3.59. The second kappa shape index (κ2) is 3.69. The highest BCUT2D eigenvalue weighted by Gasteiger charge is 2.10. The molecule has 0 bridgehead atoms. The molecule has 0 aromatic heterocycles. The first kappa shape index (κ1) is 9.04. The number of aryl methyl sites for hydroxylation is 1. The van der Waals surface area contributed by atoms with E-state index in [4.69, 9.17) is 11.6 Å². The SMILES string of the molecule is Cc1c(Cl)ccc2c1CNCCC2. The Bertz CT molecular complexity index is 320. The normalized spacial score (nSPS) is 16.5. The van der Waals surface area contributed by atoms with E-state index in [1.165, 1.54) is 29.5 Å². The van der Waals surface area contributed by atoms with Crippen LogP contribution in [-0.4, -0.2) is 6.54 Å². The van der Waals surface area contributed by atoms with E-state index >= 15 is 0 Å². The van der Waals surface area contributed by atoms with Crippen molar-refractivity contribution in [1.29, 1.82) is 0 Å². The van der Waals surface area contributed by atoms with Gasteiger partial charge in [-0.2, -0.15) is 0 Å². The van der Waals surface area contributed by atoms with Crippen molar-refractivity contribution in [3.05, 3.63) is 33.8 Å². The molecule has 0 fully saturated rings. The van der Waals surface area contributed by atoms with E-state index in [1.807, 2.05) is 6.07 Å². The first-order valence-corrected chi connectivity index (χ1v) is 5.14. The predicted octanol–water partition coefficient (Wildman–Crippen LogP) is 2.68. The van der Waals surface area contributed by atoms with Crippen LogP contribution in [0.4, 0.5) is 0 Å². The number of fused-ring (bicyclic) bond motifs is 1. The third kappa shape index (κ3) is 1.72. The Morgan fingerprint density at radius 2 is 2.23 bits per heavy atom. The lowest BCUT2D eigenvalue weighted by Gasteiger charge is -2.10. The number of benzene rings is 1. The first-order valence-electron chi connectivity index (χ1n) is 4.76. The summed E-state index contributed by atoms with van der Waals surface area (Å²) >= 11 is 6.07. The largest absolute Gasteiger partial charge is 0.313 e. The Hall–Kier alpha value is -0.530. The van der Waals surface area contributed by atoms with Crippen LogP contribution >= 0.6 is 11.6 Å². The maximum atomic E-state index is 6.07. The Balaban J connectivity index is 2.48. The van der Waals surface area contributed by atoms with Crippen molar-refractivity contribution in [2.24, 2.45) is 0 Å². The molecule has 13 heavy (non-hydrogen) atoms. The lowest BCUT2D eigenvalue weighted by molar-refractivity contribution is 0.679. The summed E-state index contributed by atoms with van der Waals surface area (Å²) in [4.78, 5) is 0. The highest BCUT2D eigenvalue weighted by Crippen LogP contribution is 2.24. The van der Waals surface area contributed by atoms with Crippen molar-refractivity contribution < 1.29 is 0 Å². The van der Waals surface area contributed by atoms with Crippen molar-refractivity contribution in [2.75, 3.05) is 6.54 Å². The van der Waals surface area contributed by atoms with Gasteiger partial charge in [-0.25, -0.2) is 0 Å². The Morgan fingerprint density at radius 1 is 1.38 bits per heavy atom. The van der Waals surface area contributed by atoms with Gasteiger partial charge in [-0.3, -0.25) is 0 Å². The molecule has 1 aliphatic heterocycles. The van der Waals surface area contributed by atoms with Gasteiger partial charge in [0.1, 0.15) is 0 Å². The number of halogens is 1. The van der Waals surface area contributed by atoms with E-state index < -0.39 is 0 Å². The zero-order valence-electron chi connectivity index (χ0n) is 7.86. The Morgan fingerprint density at radius 3 is 3.08 bits per heavy atom. The highest BCUT2D eigenvalue weighted by molar-refractivity contribution is 6.31. The minimum atomic E-state index is 0.891. The Labute approximate surface area is 84.1 Å². The average Bonchev–Trinajstić information content (AvgIpc) is 2.36. The molecular weight excluding hydrogens is 182 g/mol. The van der Waals surface area contributed by atoms with Crippen molar-refractivity contribution in [1.82, 2.24) is 5.32 Å². The van der Waals surface area contributed by atoms with Crippen molar-refractivity contribution in [3.8, 4) is 0 Å². The van der Waals surface area contributed by atoms with E-state index in [-0.39, 0.29) is 0 Å². The molecule has 2 heteroatoms. The first-order chi connectivity index (χ1) is 6.29. The fourth-order valence-corrected chi connectivity index (χ4v) is 2.06. The van der Waals surface area contributed by atoms with Crippen LogP contribution in [0.15, 0.2) is 12.1 Å². The molecule has 0 aliphatic carbocycles. The molecule has 0 spiro atoms. The van der Waals surface area contributed by atoms with Crippen LogP contribution in [0.3, 0.4) is 0 Å². The molecule has 0 saturated heterocycles. The Kier molecular flexibility index (Phi) is 2.56. The second-order valence-corrected chi connectivity index (χ2v) is 4.00. The van der Waals surface area contributed by atoms with Crippen LogP contribution < -0.4 is 5.32 Å². The summed E-state index contributed by atoms with van der Waals surface area (Å²) in [6, 6.07) is 4.18. The molecule has 2 rings (SSSR count). The van der Waals surface area contributed by atoms with Crippen molar-refractivity contribution in [3.63, 3.8) is 0 Å². The van der Waals surface area contributed by atoms with Gasteiger partial charge < -0.3 is 5.32 Å². The van der Waals surface area contributed by atoms with E-state index in [1.54, 1.807) is 0 Å². The number of nitrogens with one attached hydrogen (secondary N) is 1. The molecule has 0 saturated carbocycles. The minimum Gasteiger partial charge on any atom is -0.313 e. The summed E-state index contributed by atoms with van der Waals surface area (Å²) in [7, 11) is 0. The number of hydrogen-bond acceptors (Lipinski definition) is 1. The monoisotopic (exact) mass is 195 g/mol. The summed E-state index contributed by atoms with van der Waals surface area (Å²) in [5.41, 5.74) is 4.12. The molecule has 1 aromatic carbocycles. The van der Waals surface area contributed by atoms with Crippen LogP contribution in [0.2, 0.25) is 5.02 Å². The zero-order chi connectivity index (χ0) is 9.26. The smallest absolute Gasteiger partial charge is 0.0438 e. The molecule has 1 aromatic rings. The highest BCUT2D eigenvalue weighted by atomic mass is 35.5. The lowest BCUT2D eigenvalue weighted by atomic mass is 10.00. The third-order valence-electron chi connectivity index (χ3n) is 2.73. The van der Waals surface area contributed by atoms with Gasteiger partial charge in [-0.15, -0.1) is 0 Å². The van der Waals surface area contributed by atoms with Gasteiger partial charge >= 0.3 is 0 Å². The summed E-state index contributed by atoms with van der Waals surface area (Å²) in [5, 5.41) is 4.30. The maximum absolute atomic E-state index is 6.07. The molecule has 0 amide bonds. The molecule has 0 radical (unpaired) electrons. The van der Waals surface area contributed by atoms with Crippen LogP contribution in [0.25, 0.3) is 0 Å². The van der Waals surface area contributed by atoms with Crippen molar-refractivity contribution >= 4 is 11.6 Å². The molecule has 1 N–H and O–H groups in total. The zero-order valence-corrected chi connectivity index (χ0v) is 8.62. The van der Waals surface area contributed by atoms with Gasteiger partial charge in [0.05, 0.1) is 0 Å². The number of hydrogen-bond donors (Lipinski definition) is 1. The molecule has 70 valence electrons. The predicted molar refractivity (Wildman–Crippen MR) is 56.2 cm³/mol. The topological polar surface area (TPSA) is 12.0 Å². The van der Waals surface area contributed by atoms with Crippen LogP contribution in [0, 0.1) is 6.92 Å². The molecule has 0 atom stereocenters. The fraction of sp³-hybridized carbons (Fsp3) is 0.455. The van der Waals surface area contributed by atoms with E-state index in [9.17, 15) is 0 Å². The van der Waals surface area contributed by atoms with Gasteiger partial charge in [0.2, 0.25) is 0 Å². The quantitative estimate of drug-likeness (QED) is 0.671. The summed E-state index contributed by atoms with van der Waals surface area (Å²) in [5.74, 6) is 0. The minimum absolute atomic E-state index is 0.891. The van der Waals surface area contributed by atoms with E-state index in [2.05, 4.69) is 18.3 Å². The summed E-state index contributed by atoms with van der Waals surface area (Å²) < 4.78 is 0. The summed E-state index contributed by atoms with van der Waals surface area (Å²) in [6.07, 6.45) is 2.41. The lowest BCUT2D eigenvalue weighted by Crippen LogP contribution is -2.12. The molecule has 1 aliphatic rings. The van der Waals surface area contributed by atoms with Crippen LogP contribution in [-0.2, 0) is 13.0 Å². The van der Waals surface area contributed by atoms with Gasteiger partial charge in [0, 0.05) is 11.6 Å². The van der Waals surface area contributed by atoms with Gasteiger partial charge in [0.25, 0.3) is 0 Å². The third-order valence-corrected chi connectivity index (χ3v) is 3.14. The molecule has 1 nitrogen and oxygen atoms in total. The standard InChI is InChI=1S/C11H14ClN/c1-8-10-7-13-6-2-3-9(10)4-5-11(8)12/h4-5,13H,2-3,6-7H2,1H3. The van der Waals surface area contributed by atoms with Gasteiger partial charge in [-0.05, 0) is 49.1 Å². The maximum Gasteiger partial charge on any atom is 0.0438 e. The van der Waals surface area contributed by atoms with Gasteiger partial charge in [0.15, 0.2) is 0 Å². The van der Waals surface area contributed by atoms with Crippen molar-refractivity contribution in [2.45, 2.75) is 26.3 Å². The molecule has 0 unspecified atom stereocenters. The van der Waals surface area contributed by atoms with Crippen LogP contribution in [0.5, 0.6) is 0 Å².